The zero-order valence-electron chi connectivity index (χ0n) is 17.5. The minimum atomic E-state index is -0.306. The SMILES string of the molecule is CC(Sc1nc2c(n1-c1ccccc1)CCCC2)C(=O)Nc1ccc2c(c1)OCCO2. The second kappa shape index (κ2) is 8.67. The summed E-state index contributed by atoms with van der Waals surface area (Å²) < 4.78 is 13.4. The van der Waals surface area contributed by atoms with Crippen LogP contribution in [0.2, 0.25) is 0 Å². The minimum absolute atomic E-state index is 0.0674. The van der Waals surface area contributed by atoms with Gasteiger partial charge in [-0.05, 0) is 56.9 Å². The maximum absolute atomic E-state index is 12.9. The van der Waals surface area contributed by atoms with Crippen LogP contribution < -0.4 is 14.8 Å². The Morgan fingerprint density at radius 3 is 2.68 bits per heavy atom. The zero-order chi connectivity index (χ0) is 21.2. The summed E-state index contributed by atoms with van der Waals surface area (Å²) in [6.07, 6.45) is 4.37. The second-order valence-electron chi connectivity index (χ2n) is 7.77. The molecule has 2 heterocycles. The van der Waals surface area contributed by atoms with Crippen molar-refractivity contribution in [2.24, 2.45) is 0 Å². The molecule has 1 amide bonds. The van der Waals surface area contributed by atoms with Gasteiger partial charge in [-0.15, -0.1) is 0 Å². The van der Waals surface area contributed by atoms with Crippen LogP contribution >= 0.6 is 11.8 Å². The van der Waals surface area contributed by atoms with Gasteiger partial charge in [0.15, 0.2) is 16.7 Å². The van der Waals surface area contributed by atoms with Gasteiger partial charge in [0.1, 0.15) is 13.2 Å². The molecule has 160 valence electrons. The molecule has 0 saturated carbocycles. The van der Waals surface area contributed by atoms with E-state index in [-0.39, 0.29) is 11.2 Å². The maximum Gasteiger partial charge on any atom is 0.237 e. The van der Waals surface area contributed by atoms with Gasteiger partial charge in [0.05, 0.1) is 10.9 Å². The van der Waals surface area contributed by atoms with Gasteiger partial charge in [0.25, 0.3) is 0 Å². The van der Waals surface area contributed by atoms with Crippen LogP contribution in [0.25, 0.3) is 5.69 Å². The lowest BCUT2D eigenvalue weighted by atomic mass is 10.0. The monoisotopic (exact) mass is 435 g/mol. The molecule has 6 nitrogen and oxygen atoms in total. The normalized spacial score (nSPS) is 15.8. The number of aryl methyl sites for hydroxylation is 1. The zero-order valence-corrected chi connectivity index (χ0v) is 18.3. The first-order chi connectivity index (χ1) is 15.2. The first-order valence-corrected chi connectivity index (χ1v) is 11.6. The van der Waals surface area contributed by atoms with Crippen LogP contribution in [0, 0.1) is 0 Å². The number of para-hydroxylation sites is 1. The van der Waals surface area contributed by atoms with Crippen LogP contribution in [0.3, 0.4) is 0 Å². The highest BCUT2D eigenvalue weighted by Gasteiger charge is 2.25. The average molecular weight is 436 g/mol. The molecule has 3 aromatic rings. The van der Waals surface area contributed by atoms with E-state index in [0.717, 1.165) is 29.4 Å². The molecule has 2 aromatic carbocycles. The molecule has 5 rings (SSSR count). The van der Waals surface area contributed by atoms with Gasteiger partial charge in [-0.25, -0.2) is 4.98 Å². The van der Waals surface area contributed by atoms with Gasteiger partial charge >= 0.3 is 0 Å². The van der Waals surface area contributed by atoms with E-state index in [2.05, 4.69) is 22.0 Å². The molecule has 0 bridgehead atoms. The molecule has 1 aliphatic carbocycles. The van der Waals surface area contributed by atoms with Crippen LogP contribution in [-0.2, 0) is 17.6 Å². The van der Waals surface area contributed by atoms with Crippen molar-refractivity contribution in [1.29, 1.82) is 0 Å². The summed E-state index contributed by atoms with van der Waals surface area (Å²) in [5, 5.41) is 3.57. The molecule has 2 aliphatic rings. The third kappa shape index (κ3) is 4.14. The molecule has 1 unspecified atom stereocenters. The molecule has 1 aromatic heterocycles. The molecule has 0 spiro atoms. The number of fused-ring (bicyclic) bond motifs is 2. The number of rotatable bonds is 5. The predicted octanol–water partition coefficient (Wildman–Crippen LogP) is 4.64. The summed E-state index contributed by atoms with van der Waals surface area (Å²) in [4.78, 5) is 17.9. The Morgan fingerprint density at radius 2 is 1.84 bits per heavy atom. The van der Waals surface area contributed by atoms with Gasteiger partial charge in [-0.3, -0.25) is 9.36 Å². The first-order valence-electron chi connectivity index (χ1n) is 10.7. The standard InChI is InChI=1S/C24H25N3O3S/c1-16(23(28)25-17-11-12-21-22(15-17)30-14-13-29-21)31-24-26-19-9-5-6-10-20(19)27(24)18-7-3-2-4-8-18/h2-4,7-8,11-12,15-16H,5-6,9-10,13-14H2,1H3,(H,25,28). The lowest BCUT2D eigenvalue weighted by molar-refractivity contribution is -0.115. The summed E-state index contributed by atoms with van der Waals surface area (Å²) in [6, 6.07) is 15.8. The number of thioether (sulfide) groups is 1. The Labute approximate surface area is 186 Å². The molecule has 0 saturated heterocycles. The lowest BCUT2D eigenvalue weighted by Gasteiger charge is -2.19. The number of hydrogen-bond donors (Lipinski definition) is 1. The molecule has 31 heavy (non-hydrogen) atoms. The number of imidazole rings is 1. The van der Waals surface area contributed by atoms with Crippen LogP contribution in [-0.4, -0.2) is 33.9 Å². The van der Waals surface area contributed by atoms with Crippen molar-refractivity contribution < 1.29 is 14.3 Å². The number of nitrogens with one attached hydrogen (secondary N) is 1. The van der Waals surface area contributed by atoms with Crippen molar-refractivity contribution >= 4 is 23.4 Å². The Bertz CT molecular complexity index is 1100. The van der Waals surface area contributed by atoms with Crippen molar-refractivity contribution in [2.75, 3.05) is 18.5 Å². The number of aromatic nitrogens is 2. The molecule has 1 aliphatic heterocycles. The molecular weight excluding hydrogens is 410 g/mol. The van der Waals surface area contributed by atoms with Gasteiger partial charge in [0.2, 0.25) is 5.91 Å². The van der Waals surface area contributed by atoms with Crippen LogP contribution in [0.5, 0.6) is 11.5 Å². The largest absolute Gasteiger partial charge is 0.486 e. The molecule has 1 atom stereocenters. The number of hydrogen-bond acceptors (Lipinski definition) is 5. The van der Waals surface area contributed by atoms with Gasteiger partial charge in [0, 0.05) is 23.1 Å². The van der Waals surface area contributed by atoms with Gasteiger partial charge < -0.3 is 14.8 Å². The molecule has 1 N–H and O–H groups in total. The molecule has 7 heteroatoms. The maximum atomic E-state index is 12.9. The van der Waals surface area contributed by atoms with Crippen molar-refractivity contribution in [3.8, 4) is 17.2 Å². The van der Waals surface area contributed by atoms with E-state index in [1.807, 2.05) is 43.3 Å². The smallest absolute Gasteiger partial charge is 0.237 e. The van der Waals surface area contributed by atoms with E-state index in [0.29, 0.717) is 30.4 Å². The van der Waals surface area contributed by atoms with E-state index < -0.39 is 0 Å². The molecule has 0 fully saturated rings. The summed E-state index contributed by atoms with van der Waals surface area (Å²) in [5.41, 5.74) is 4.24. The fourth-order valence-corrected chi connectivity index (χ4v) is 4.98. The van der Waals surface area contributed by atoms with E-state index >= 15 is 0 Å². The Balaban J connectivity index is 1.36. The van der Waals surface area contributed by atoms with Crippen LogP contribution in [0.1, 0.15) is 31.2 Å². The highest BCUT2D eigenvalue weighted by molar-refractivity contribution is 8.00. The third-order valence-electron chi connectivity index (χ3n) is 5.58. The predicted molar refractivity (Wildman–Crippen MR) is 122 cm³/mol. The number of carbonyl (C=O) groups is 1. The summed E-state index contributed by atoms with van der Waals surface area (Å²) in [6.45, 7) is 2.98. The Hall–Kier alpha value is -2.93. The average Bonchev–Trinajstić information content (AvgIpc) is 3.17. The second-order valence-corrected chi connectivity index (χ2v) is 9.08. The third-order valence-corrected chi connectivity index (χ3v) is 6.63. The number of amides is 1. The topological polar surface area (TPSA) is 65.4 Å². The van der Waals surface area contributed by atoms with E-state index in [4.69, 9.17) is 14.5 Å². The van der Waals surface area contributed by atoms with E-state index in [1.54, 1.807) is 0 Å². The Kier molecular flexibility index (Phi) is 5.59. The van der Waals surface area contributed by atoms with Crippen molar-refractivity contribution in [3.63, 3.8) is 0 Å². The van der Waals surface area contributed by atoms with Crippen LogP contribution in [0.15, 0.2) is 53.7 Å². The van der Waals surface area contributed by atoms with Gasteiger partial charge in [-0.1, -0.05) is 30.0 Å². The van der Waals surface area contributed by atoms with E-state index in [9.17, 15) is 4.79 Å². The van der Waals surface area contributed by atoms with Crippen molar-refractivity contribution in [3.05, 3.63) is 59.9 Å². The highest BCUT2D eigenvalue weighted by atomic mass is 32.2. The summed E-state index contributed by atoms with van der Waals surface area (Å²) in [7, 11) is 0. The highest BCUT2D eigenvalue weighted by Crippen LogP contribution is 2.34. The fourth-order valence-electron chi connectivity index (χ4n) is 4.01. The van der Waals surface area contributed by atoms with Crippen molar-refractivity contribution in [2.45, 2.75) is 43.0 Å². The number of anilines is 1. The number of benzene rings is 2. The summed E-state index contributed by atoms with van der Waals surface area (Å²) in [5.74, 6) is 1.31. The van der Waals surface area contributed by atoms with E-state index in [1.165, 1.54) is 30.3 Å². The number of carbonyl (C=O) groups excluding carboxylic acids is 1. The minimum Gasteiger partial charge on any atom is -0.486 e. The Morgan fingerprint density at radius 1 is 1.06 bits per heavy atom. The number of nitrogens with zero attached hydrogens (tertiary/aromatic N) is 2. The van der Waals surface area contributed by atoms with Gasteiger partial charge in [-0.2, -0.15) is 0 Å². The number of ether oxygens (including phenoxy) is 2. The van der Waals surface area contributed by atoms with Crippen LogP contribution in [0.4, 0.5) is 5.69 Å². The van der Waals surface area contributed by atoms with Crippen molar-refractivity contribution in [1.82, 2.24) is 9.55 Å². The molecule has 0 radical (unpaired) electrons. The quantitative estimate of drug-likeness (QED) is 0.592. The first kappa shape index (κ1) is 20.0. The summed E-state index contributed by atoms with van der Waals surface area (Å²) >= 11 is 1.50. The lowest BCUT2D eigenvalue weighted by Crippen LogP contribution is -2.23. The fraction of sp³-hybridized carbons (Fsp3) is 0.333. The molecular formula is C24H25N3O3S.